The summed E-state index contributed by atoms with van der Waals surface area (Å²) in [5.41, 5.74) is 0.567. The van der Waals surface area contributed by atoms with Gasteiger partial charge in [0.05, 0.1) is 29.2 Å². The van der Waals surface area contributed by atoms with Crippen molar-refractivity contribution in [2.45, 2.75) is 26.0 Å². The Kier molecular flexibility index (Phi) is 5.72. The number of ether oxygens (including phenoxy) is 1. The molecule has 2 aromatic rings. The van der Waals surface area contributed by atoms with Crippen LogP contribution >= 0.6 is 11.3 Å². The molecule has 1 aromatic heterocycles. The van der Waals surface area contributed by atoms with Gasteiger partial charge in [0.1, 0.15) is 5.82 Å². The van der Waals surface area contributed by atoms with Crippen LogP contribution in [-0.4, -0.2) is 41.0 Å². The van der Waals surface area contributed by atoms with E-state index in [4.69, 9.17) is 4.74 Å². The molecule has 0 fully saturated rings. The van der Waals surface area contributed by atoms with Gasteiger partial charge in [0, 0.05) is 6.54 Å². The molecule has 1 unspecified atom stereocenters. The molecule has 0 radical (unpaired) electrons. The third-order valence-corrected chi connectivity index (χ3v) is 5.13. The minimum absolute atomic E-state index is 0.0126. The number of nitrogens with zero attached hydrogens (tertiary/aromatic N) is 1. The van der Waals surface area contributed by atoms with Gasteiger partial charge in [-0.05, 0) is 43.0 Å². The van der Waals surface area contributed by atoms with Crippen LogP contribution in [-0.2, 0) is 9.53 Å². The third kappa shape index (κ3) is 3.94. The lowest BCUT2D eigenvalue weighted by Gasteiger charge is -2.27. The van der Waals surface area contributed by atoms with Crippen LogP contribution in [0.1, 0.15) is 35.1 Å². The first-order chi connectivity index (χ1) is 12.9. The number of carbonyl (C=O) groups is 2. The predicted octanol–water partition coefficient (Wildman–Crippen LogP) is 3.89. The zero-order chi connectivity index (χ0) is 19.6. The monoisotopic (exact) mass is 389 g/mol. The Hall–Kier alpha value is -2.51. The summed E-state index contributed by atoms with van der Waals surface area (Å²) in [7, 11) is 0. The smallest absolute Gasteiger partial charge is 0.290 e. The van der Waals surface area contributed by atoms with E-state index >= 15 is 0 Å². The molecule has 3 rings (SSSR count). The molecular weight excluding hydrogens is 369 g/mol. The summed E-state index contributed by atoms with van der Waals surface area (Å²) < 4.78 is 18.9. The molecule has 27 heavy (non-hydrogen) atoms. The van der Waals surface area contributed by atoms with Gasteiger partial charge in [-0.3, -0.25) is 9.59 Å². The highest BCUT2D eigenvalue weighted by Gasteiger charge is 2.43. The van der Waals surface area contributed by atoms with Gasteiger partial charge < -0.3 is 14.7 Å². The minimum Gasteiger partial charge on any atom is -0.503 e. The quantitative estimate of drug-likeness (QED) is 0.730. The van der Waals surface area contributed by atoms with Crippen molar-refractivity contribution in [2.24, 2.45) is 0 Å². The number of carbonyl (C=O) groups excluding carboxylic acids is 2. The largest absolute Gasteiger partial charge is 0.503 e. The van der Waals surface area contributed by atoms with E-state index in [1.165, 1.54) is 40.5 Å². The number of amides is 1. The first kappa shape index (κ1) is 19.3. The molecule has 7 heteroatoms. The molecule has 2 heterocycles. The average Bonchev–Trinajstić information content (AvgIpc) is 3.25. The van der Waals surface area contributed by atoms with Crippen LogP contribution < -0.4 is 0 Å². The topological polar surface area (TPSA) is 66.8 Å². The van der Waals surface area contributed by atoms with Crippen molar-refractivity contribution in [1.29, 1.82) is 0 Å². The lowest BCUT2D eigenvalue weighted by atomic mass is 9.95. The molecule has 0 spiro atoms. The first-order valence-corrected chi connectivity index (χ1v) is 9.47. The summed E-state index contributed by atoms with van der Waals surface area (Å²) in [6, 6.07) is 8.16. The highest BCUT2D eigenvalue weighted by Crippen LogP contribution is 2.39. The van der Waals surface area contributed by atoms with E-state index in [9.17, 15) is 19.1 Å². The molecule has 1 aromatic carbocycles. The van der Waals surface area contributed by atoms with Crippen LogP contribution in [0.5, 0.6) is 0 Å². The van der Waals surface area contributed by atoms with E-state index in [1.54, 1.807) is 17.5 Å². The van der Waals surface area contributed by atoms with Crippen molar-refractivity contribution >= 4 is 23.0 Å². The Labute approximate surface area is 160 Å². The number of thiophene rings is 1. The number of hydrogen-bond acceptors (Lipinski definition) is 5. The highest BCUT2D eigenvalue weighted by molar-refractivity contribution is 7.12. The zero-order valence-electron chi connectivity index (χ0n) is 15.0. The van der Waals surface area contributed by atoms with Crippen LogP contribution in [0.4, 0.5) is 4.39 Å². The van der Waals surface area contributed by atoms with E-state index in [-0.39, 0.29) is 24.8 Å². The highest BCUT2D eigenvalue weighted by atomic mass is 32.1. The fourth-order valence-corrected chi connectivity index (χ4v) is 3.71. The number of benzene rings is 1. The van der Waals surface area contributed by atoms with Gasteiger partial charge in [-0.2, -0.15) is 0 Å². The van der Waals surface area contributed by atoms with Crippen LogP contribution in [0, 0.1) is 5.82 Å². The van der Waals surface area contributed by atoms with Crippen molar-refractivity contribution in [3.8, 4) is 0 Å². The molecule has 142 valence electrons. The van der Waals surface area contributed by atoms with Crippen molar-refractivity contribution in [3.05, 3.63) is 69.4 Å². The maximum absolute atomic E-state index is 13.4. The van der Waals surface area contributed by atoms with E-state index in [2.05, 4.69) is 0 Å². The SMILES string of the molecule is CC(C)OCCN1C(=O)C(O)=C(C(=O)c2cccs2)C1c1ccc(F)cc1. The standard InChI is InChI=1S/C20H20FNO4S/c1-12(2)26-10-9-22-17(13-5-7-14(21)8-6-13)16(19(24)20(22)25)18(23)15-4-3-11-27-15/h3-8,11-12,17,24H,9-10H2,1-2H3. The molecule has 5 nitrogen and oxygen atoms in total. The number of ketones is 1. The summed E-state index contributed by atoms with van der Waals surface area (Å²) in [6.45, 7) is 4.22. The Bertz CT molecular complexity index is 859. The van der Waals surface area contributed by atoms with Crippen LogP contribution in [0.2, 0.25) is 0 Å². The average molecular weight is 389 g/mol. The number of rotatable bonds is 7. The lowest BCUT2D eigenvalue weighted by Crippen LogP contribution is -2.34. The van der Waals surface area contributed by atoms with E-state index in [0.717, 1.165) is 0 Å². The van der Waals surface area contributed by atoms with Crippen molar-refractivity contribution < 1.29 is 23.8 Å². The maximum atomic E-state index is 13.4. The second-order valence-electron chi connectivity index (χ2n) is 6.44. The molecule has 1 aliphatic heterocycles. The Balaban J connectivity index is 1.99. The summed E-state index contributed by atoms with van der Waals surface area (Å²) in [6.07, 6.45) is -0.0132. The maximum Gasteiger partial charge on any atom is 0.290 e. The number of aliphatic hydroxyl groups excluding tert-OH is 1. The van der Waals surface area contributed by atoms with Gasteiger partial charge in [0.15, 0.2) is 5.76 Å². The molecule has 0 saturated heterocycles. The first-order valence-electron chi connectivity index (χ1n) is 8.59. The molecule has 1 amide bonds. The van der Waals surface area contributed by atoms with Gasteiger partial charge in [-0.25, -0.2) is 4.39 Å². The van der Waals surface area contributed by atoms with Crippen LogP contribution in [0.3, 0.4) is 0 Å². The molecule has 1 N–H and O–H groups in total. The fraction of sp³-hybridized carbons (Fsp3) is 0.300. The lowest BCUT2D eigenvalue weighted by molar-refractivity contribution is -0.130. The molecule has 0 aliphatic carbocycles. The third-order valence-electron chi connectivity index (χ3n) is 4.26. The number of aliphatic hydroxyl groups is 1. The summed E-state index contributed by atoms with van der Waals surface area (Å²) in [5, 5.41) is 12.2. The van der Waals surface area contributed by atoms with E-state index < -0.39 is 29.3 Å². The summed E-state index contributed by atoms with van der Waals surface area (Å²) >= 11 is 1.23. The molecule has 0 saturated carbocycles. The summed E-state index contributed by atoms with van der Waals surface area (Å²) in [5.74, 6) is -2.02. The van der Waals surface area contributed by atoms with Gasteiger partial charge in [-0.15, -0.1) is 11.3 Å². The Morgan fingerprint density at radius 1 is 1.30 bits per heavy atom. The predicted molar refractivity (Wildman–Crippen MR) is 100 cm³/mol. The molecule has 1 aliphatic rings. The van der Waals surface area contributed by atoms with Crippen LogP contribution in [0.25, 0.3) is 0 Å². The Morgan fingerprint density at radius 2 is 2.00 bits per heavy atom. The Morgan fingerprint density at radius 3 is 2.59 bits per heavy atom. The zero-order valence-corrected chi connectivity index (χ0v) is 15.8. The number of halogens is 1. The van der Waals surface area contributed by atoms with Gasteiger partial charge in [0.25, 0.3) is 5.91 Å². The van der Waals surface area contributed by atoms with Crippen molar-refractivity contribution in [2.75, 3.05) is 13.2 Å². The second kappa shape index (κ2) is 8.02. The van der Waals surface area contributed by atoms with Crippen LogP contribution in [0.15, 0.2) is 53.1 Å². The second-order valence-corrected chi connectivity index (χ2v) is 7.39. The van der Waals surface area contributed by atoms with Gasteiger partial charge in [0.2, 0.25) is 5.78 Å². The normalized spacial score (nSPS) is 17.3. The van der Waals surface area contributed by atoms with Gasteiger partial charge >= 0.3 is 0 Å². The van der Waals surface area contributed by atoms with Crippen molar-refractivity contribution in [1.82, 2.24) is 4.90 Å². The molecular formula is C20H20FNO4S. The number of hydrogen-bond donors (Lipinski definition) is 1. The van der Waals surface area contributed by atoms with Crippen molar-refractivity contribution in [3.63, 3.8) is 0 Å². The van der Waals surface area contributed by atoms with E-state index in [1.807, 2.05) is 13.8 Å². The van der Waals surface area contributed by atoms with Gasteiger partial charge in [-0.1, -0.05) is 18.2 Å². The molecule has 0 bridgehead atoms. The van der Waals surface area contributed by atoms with E-state index in [0.29, 0.717) is 10.4 Å². The fourth-order valence-electron chi connectivity index (χ4n) is 3.04. The minimum atomic E-state index is -0.788. The summed E-state index contributed by atoms with van der Waals surface area (Å²) in [4.78, 5) is 27.4. The molecule has 1 atom stereocenters. The number of Topliss-reactive ketones (excluding diaryl/α,β-unsaturated/α-hetero) is 1.